The molecular weight excluding hydrogens is 262 g/mol. The second-order valence-electron chi connectivity index (χ2n) is 6.45. The number of fused-ring (bicyclic) bond motifs is 1. The van der Waals surface area contributed by atoms with Crippen LogP contribution in [0.3, 0.4) is 0 Å². The molecule has 2 atom stereocenters. The van der Waals surface area contributed by atoms with E-state index in [0.717, 1.165) is 36.8 Å². The molecule has 0 aromatic heterocycles. The first-order valence-corrected chi connectivity index (χ1v) is 7.95. The van der Waals surface area contributed by atoms with Gasteiger partial charge in [-0.3, -0.25) is 9.69 Å². The van der Waals surface area contributed by atoms with Crippen molar-refractivity contribution >= 4 is 11.6 Å². The Morgan fingerprint density at radius 1 is 1.38 bits per heavy atom. The standard InChI is InChI=1S/C17H25N3O/c1-12-5-3-7-15(13(12)2)19-17(21)11-20-9-14-6-4-8-18-16(14)10-20/h3,5,7,14,16,18H,4,6,8-11H2,1-2H3,(H,19,21). The molecule has 4 nitrogen and oxygen atoms in total. The number of aryl methyl sites for hydroxylation is 1. The van der Waals surface area contributed by atoms with E-state index in [9.17, 15) is 4.79 Å². The van der Waals surface area contributed by atoms with Gasteiger partial charge in [0, 0.05) is 24.8 Å². The number of hydrogen-bond donors (Lipinski definition) is 2. The normalized spacial score (nSPS) is 25.6. The lowest BCUT2D eigenvalue weighted by Crippen LogP contribution is -2.41. The minimum Gasteiger partial charge on any atom is -0.325 e. The number of rotatable bonds is 3. The van der Waals surface area contributed by atoms with E-state index in [2.05, 4.69) is 35.4 Å². The van der Waals surface area contributed by atoms with Crippen LogP contribution in [0.15, 0.2) is 18.2 Å². The molecule has 0 saturated carbocycles. The van der Waals surface area contributed by atoms with E-state index in [0.29, 0.717) is 12.6 Å². The maximum absolute atomic E-state index is 12.3. The molecule has 0 radical (unpaired) electrons. The first-order valence-electron chi connectivity index (χ1n) is 7.95. The predicted octanol–water partition coefficient (Wildman–Crippen LogP) is 1.93. The molecule has 2 saturated heterocycles. The average Bonchev–Trinajstić information content (AvgIpc) is 2.86. The summed E-state index contributed by atoms with van der Waals surface area (Å²) in [7, 11) is 0. The van der Waals surface area contributed by atoms with Crippen molar-refractivity contribution in [3.63, 3.8) is 0 Å². The van der Waals surface area contributed by atoms with Crippen LogP contribution in [-0.2, 0) is 4.79 Å². The highest BCUT2D eigenvalue weighted by Gasteiger charge is 2.34. The summed E-state index contributed by atoms with van der Waals surface area (Å²) in [6, 6.07) is 6.63. The van der Waals surface area contributed by atoms with E-state index in [1.165, 1.54) is 18.4 Å². The first kappa shape index (κ1) is 14.5. The number of nitrogens with one attached hydrogen (secondary N) is 2. The lowest BCUT2D eigenvalue weighted by Gasteiger charge is -2.24. The number of amides is 1. The summed E-state index contributed by atoms with van der Waals surface area (Å²) in [5.74, 6) is 0.828. The summed E-state index contributed by atoms with van der Waals surface area (Å²) in [5.41, 5.74) is 3.31. The topological polar surface area (TPSA) is 44.4 Å². The van der Waals surface area contributed by atoms with Crippen LogP contribution in [0.5, 0.6) is 0 Å². The summed E-state index contributed by atoms with van der Waals surface area (Å²) in [4.78, 5) is 14.6. The summed E-state index contributed by atoms with van der Waals surface area (Å²) < 4.78 is 0. The van der Waals surface area contributed by atoms with Gasteiger partial charge in [0.15, 0.2) is 0 Å². The number of piperidine rings is 1. The molecule has 2 fully saturated rings. The Kier molecular flexibility index (Phi) is 4.27. The molecule has 2 unspecified atom stereocenters. The smallest absolute Gasteiger partial charge is 0.238 e. The van der Waals surface area contributed by atoms with Gasteiger partial charge in [0.1, 0.15) is 0 Å². The molecule has 0 spiro atoms. The first-order chi connectivity index (χ1) is 10.1. The Hall–Kier alpha value is -1.39. The van der Waals surface area contributed by atoms with E-state index in [-0.39, 0.29) is 5.91 Å². The highest BCUT2D eigenvalue weighted by Crippen LogP contribution is 2.25. The van der Waals surface area contributed by atoms with E-state index in [1.54, 1.807) is 0 Å². The lowest BCUT2D eigenvalue weighted by molar-refractivity contribution is -0.117. The van der Waals surface area contributed by atoms with E-state index in [4.69, 9.17) is 0 Å². The fourth-order valence-electron chi connectivity index (χ4n) is 3.54. The van der Waals surface area contributed by atoms with Crippen molar-refractivity contribution < 1.29 is 4.79 Å². The Balaban J connectivity index is 1.56. The van der Waals surface area contributed by atoms with Gasteiger partial charge < -0.3 is 10.6 Å². The Bertz CT molecular complexity index is 515. The molecule has 1 aromatic carbocycles. The fourth-order valence-corrected chi connectivity index (χ4v) is 3.54. The zero-order valence-electron chi connectivity index (χ0n) is 13.0. The molecule has 3 rings (SSSR count). The number of hydrogen-bond acceptors (Lipinski definition) is 3. The highest BCUT2D eigenvalue weighted by atomic mass is 16.2. The molecule has 114 valence electrons. The summed E-state index contributed by atoms with van der Waals surface area (Å²) >= 11 is 0. The van der Waals surface area contributed by atoms with Gasteiger partial charge >= 0.3 is 0 Å². The van der Waals surface area contributed by atoms with Gasteiger partial charge in [-0.1, -0.05) is 12.1 Å². The molecule has 2 aliphatic heterocycles. The molecular formula is C17H25N3O. The molecule has 1 amide bonds. The Morgan fingerprint density at radius 2 is 2.24 bits per heavy atom. The Labute approximate surface area is 126 Å². The second kappa shape index (κ2) is 6.16. The van der Waals surface area contributed by atoms with Crippen LogP contribution in [0.25, 0.3) is 0 Å². The fraction of sp³-hybridized carbons (Fsp3) is 0.588. The highest BCUT2D eigenvalue weighted by molar-refractivity contribution is 5.93. The molecule has 2 heterocycles. The van der Waals surface area contributed by atoms with Crippen molar-refractivity contribution in [1.29, 1.82) is 0 Å². The molecule has 4 heteroatoms. The minimum atomic E-state index is 0.0994. The third-order valence-corrected chi connectivity index (χ3v) is 4.92. The van der Waals surface area contributed by atoms with Crippen LogP contribution in [-0.4, -0.2) is 43.0 Å². The van der Waals surface area contributed by atoms with Gasteiger partial charge in [-0.15, -0.1) is 0 Å². The Morgan fingerprint density at radius 3 is 3.05 bits per heavy atom. The molecule has 2 aliphatic rings. The van der Waals surface area contributed by atoms with Gasteiger partial charge in [0.25, 0.3) is 0 Å². The maximum atomic E-state index is 12.3. The summed E-state index contributed by atoms with van der Waals surface area (Å²) in [6.45, 7) is 7.82. The van der Waals surface area contributed by atoms with E-state index >= 15 is 0 Å². The number of nitrogens with zero attached hydrogens (tertiary/aromatic N) is 1. The summed E-state index contributed by atoms with van der Waals surface area (Å²) in [5, 5.41) is 6.64. The SMILES string of the molecule is Cc1cccc(NC(=O)CN2CC3CCCNC3C2)c1C. The van der Waals surface area contributed by atoms with Crippen LogP contribution in [0.4, 0.5) is 5.69 Å². The van der Waals surface area contributed by atoms with Gasteiger partial charge in [0.2, 0.25) is 5.91 Å². The number of anilines is 1. The monoisotopic (exact) mass is 287 g/mol. The number of benzene rings is 1. The zero-order valence-corrected chi connectivity index (χ0v) is 13.0. The van der Waals surface area contributed by atoms with E-state index in [1.807, 2.05) is 12.1 Å². The van der Waals surface area contributed by atoms with Crippen LogP contribution < -0.4 is 10.6 Å². The van der Waals surface area contributed by atoms with Gasteiger partial charge in [-0.25, -0.2) is 0 Å². The van der Waals surface area contributed by atoms with Crippen molar-refractivity contribution in [2.75, 3.05) is 31.5 Å². The van der Waals surface area contributed by atoms with E-state index < -0.39 is 0 Å². The zero-order chi connectivity index (χ0) is 14.8. The largest absolute Gasteiger partial charge is 0.325 e. The van der Waals surface area contributed by atoms with Crippen molar-refractivity contribution in [3.05, 3.63) is 29.3 Å². The molecule has 0 bridgehead atoms. The molecule has 0 aliphatic carbocycles. The van der Waals surface area contributed by atoms with Crippen LogP contribution in [0, 0.1) is 19.8 Å². The molecule has 2 N–H and O–H groups in total. The van der Waals surface area contributed by atoms with Crippen LogP contribution >= 0.6 is 0 Å². The summed E-state index contributed by atoms with van der Waals surface area (Å²) in [6.07, 6.45) is 2.57. The number of carbonyl (C=O) groups excluding carboxylic acids is 1. The van der Waals surface area contributed by atoms with Gasteiger partial charge in [-0.2, -0.15) is 0 Å². The maximum Gasteiger partial charge on any atom is 0.238 e. The molecule has 1 aromatic rings. The van der Waals surface area contributed by atoms with Crippen LogP contribution in [0.2, 0.25) is 0 Å². The van der Waals surface area contributed by atoms with Crippen molar-refractivity contribution in [2.45, 2.75) is 32.7 Å². The van der Waals surface area contributed by atoms with Crippen molar-refractivity contribution in [3.8, 4) is 0 Å². The molecule has 21 heavy (non-hydrogen) atoms. The van der Waals surface area contributed by atoms with Crippen LogP contribution in [0.1, 0.15) is 24.0 Å². The van der Waals surface area contributed by atoms with Gasteiger partial charge in [0.05, 0.1) is 6.54 Å². The second-order valence-corrected chi connectivity index (χ2v) is 6.45. The van der Waals surface area contributed by atoms with Crippen molar-refractivity contribution in [2.24, 2.45) is 5.92 Å². The van der Waals surface area contributed by atoms with Gasteiger partial charge in [-0.05, 0) is 56.3 Å². The third kappa shape index (κ3) is 3.27. The number of carbonyl (C=O) groups is 1. The predicted molar refractivity (Wildman–Crippen MR) is 85.5 cm³/mol. The quantitative estimate of drug-likeness (QED) is 0.893. The average molecular weight is 287 g/mol. The lowest BCUT2D eigenvalue weighted by atomic mass is 9.94. The van der Waals surface area contributed by atoms with Crippen molar-refractivity contribution in [1.82, 2.24) is 10.2 Å². The number of likely N-dealkylation sites (tertiary alicyclic amines) is 1. The third-order valence-electron chi connectivity index (χ3n) is 4.92. The minimum absolute atomic E-state index is 0.0994.